The minimum Gasteiger partial charge on any atom is -0.494 e. The molecule has 0 amide bonds. The molecule has 0 saturated heterocycles. The van der Waals surface area contributed by atoms with Crippen LogP contribution in [0.3, 0.4) is 0 Å². The molecular weight excluding hydrogens is 353 g/mol. The van der Waals surface area contributed by atoms with Crippen LogP contribution in [-0.4, -0.2) is 25.7 Å². The second kappa shape index (κ2) is 10.9. The van der Waals surface area contributed by atoms with E-state index >= 15 is 0 Å². The summed E-state index contributed by atoms with van der Waals surface area (Å²) in [6.45, 7) is 9.11. The van der Waals surface area contributed by atoms with Gasteiger partial charge in [0.25, 0.3) is 0 Å². The first-order valence-corrected chi connectivity index (χ1v) is 6.54. The molecule has 19 heavy (non-hydrogen) atoms. The smallest absolute Gasteiger partial charge is 0.191 e. The molecule has 108 valence electrons. The molecule has 0 fully saturated rings. The first-order chi connectivity index (χ1) is 8.81. The minimum atomic E-state index is 0. The molecule has 0 aliphatic rings. The molecule has 1 rings (SSSR count). The highest BCUT2D eigenvalue weighted by molar-refractivity contribution is 14.0. The van der Waals surface area contributed by atoms with E-state index < -0.39 is 0 Å². The Morgan fingerprint density at radius 1 is 1.11 bits per heavy atom. The summed E-state index contributed by atoms with van der Waals surface area (Å²) in [6.07, 6.45) is 0. The summed E-state index contributed by atoms with van der Waals surface area (Å²) in [5.41, 5.74) is 1.10. The standard InChI is InChI=1S/C14H23N3O.HI/c1-4-15-14(16-5-2)17-11-12-9-7-8-10-13(12)18-6-3;/h7-10H,4-6,11H2,1-3H3,(H2,15,16,17);1H. The van der Waals surface area contributed by atoms with E-state index in [1.165, 1.54) is 0 Å². The van der Waals surface area contributed by atoms with Gasteiger partial charge in [-0.1, -0.05) is 18.2 Å². The van der Waals surface area contributed by atoms with Gasteiger partial charge in [-0.3, -0.25) is 0 Å². The normalized spacial score (nSPS) is 9.21. The summed E-state index contributed by atoms with van der Waals surface area (Å²) in [5.74, 6) is 1.75. The number of benzene rings is 1. The van der Waals surface area contributed by atoms with Crippen LogP contribution in [0.25, 0.3) is 0 Å². The van der Waals surface area contributed by atoms with Crippen LogP contribution in [0.1, 0.15) is 26.3 Å². The Kier molecular flexibility index (Phi) is 10.3. The number of hydrogen-bond acceptors (Lipinski definition) is 2. The fourth-order valence-corrected chi connectivity index (χ4v) is 1.60. The number of aliphatic imine (C=N–C) groups is 1. The zero-order valence-corrected chi connectivity index (χ0v) is 14.2. The number of nitrogens with one attached hydrogen (secondary N) is 2. The molecule has 0 heterocycles. The molecule has 0 atom stereocenters. The van der Waals surface area contributed by atoms with Crippen molar-refractivity contribution in [1.82, 2.24) is 10.6 Å². The van der Waals surface area contributed by atoms with Gasteiger partial charge in [0.05, 0.1) is 13.2 Å². The third-order valence-electron chi connectivity index (χ3n) is 2.37. The maximum Gasteiger partial charge on any atom is 0.191 e. The largest absolute Gasteiger partial charge is 0.494 e. The van der Waals surface area contributed by atoms with Crippen LogP contribution in [0.2, 0.25) is 0 Å². The van der Waals surface area contributed by atoms with E-state index in [1.54, 1.807) is 0 Å². The number of halogens is 1. The van der Waals surface area contributed by atoms with Crippen LogP contribution in [-0.2, 0) is 6.54 Å². The van der Waals surface area contributed by atoms with Crippen LogP contribution in [0.5, 0.6) is 5.75 Å². The molecule has 0 bridgehead atoms. The molecule has 0 radical (unpaired) electrons. The summed E-state index contributed by atoms with van der Waals surface area (Å²) in [6, 6.07) is 8.01. The highest BCUT2D eigenvalue weighted by atomic mass is 127. The lowest BCUT2D eigenvalue weighted by atomic mass is 10.2. The Hall–Kier alpha value is -0.980. The van der Waals surface area contributed by atoms with Gasteiger partial charge in [0.15, 0.2) is 5.96 Å². The molecule has 0 spiro atoms. The monoisotopic (exact) mass is 377 g/mol. The zero-order valence-electron chi connectivity index (χ0n) is 11.9. The molecule has 0 saturated carbocycles. The van der Waals surface area contributed by atoms with Gasteiger partial charge in [-0.05, 0) is 26.8 Å². The molecule has 1 aromatic carbocycles. The van der Waals surface area contributed by atoms with Gasteiger partial charge in [0.2, 0.25) is 0 Å². The van der Waals surface area contributed by atoms with Gasteiger partial charge in [-0.25, -0.2) is 4.99 Å². The third-order valence-corrected chi connectivity index (χ3v) is 2.37. The Bertz CT molecular complexity index is 375. The predicted molar refractivity (Wildman–Crippen MR) is 91.5 cm³/mol. The van der Waals surface area contributed by atoms with E-state index in [0.29, 0.717) is 13.2 Å². The van der Waals surface area contributed by atoms with Gasteiger partial charge in [-0.15, -0.1) is 24.0 Å². The zero-order chi connectivity index (χ0) is 13.2. The fourth-order valence-electron chi connectivity index (χ4n) is 1.60. The lowest BCUT2D eigenvalue weighted by Gasteiger charge is -2.11. The van der Waals surface area contributed by atoms with Gasteiger partial charge < -0.3 is 15.4 Å². The van der Waals surface area contributed by atoms with E-state index in [2.05, 4.69) is 29.5 Å². The molecule has 1 aromatic rings. The average Bonchev–Trinajstić information content (AvgIpc) is 2.38. The van der Waals surface area contributed by atoms with Crippen LogP contribution < -0.4 is 15.4 Å². The first-order valence-electron chi connectivity index (χ1n) is 6.54. The molecule has 4 nitrogen and oxygen atoms in total. The Morgan fingerprint density at radius 2 is 1.74 bits per heavy atom. The molecule has 0 aromatic heterocycles. The van der Waals surface area contributed by atoms with E-state index in [-0.39, 0.29) is 24.0 Å². The number of rotatable bonds is 6. The molecular formula is C14H24IN3O. The maximum absolute atomic E-state index is 5.58. The van der Waals surface area contributed by atoms with E-state index in [0.717, 1.165) is 30.4 Å². The Balaban J connectivity index is 0.00000324. The van der Waals surface area contributed by atoms with Crippen molar-refractivity contribution in [3.63, 3.8) is 0 Å². The first kappa shape index (κ1) is 18.0. The van der Waals surface area contributed by atoms with Gasteiger partial charge in [-0.2, -0.15) is 0 Å². The fraction of sp³-hybridized carbons (Fsp3) is 0.500. The van der Waals surface area contributed by atoms with Crippen LogP contribution in [0, 0.1) is 0 Å². The van der Waals surface area contributed by atoms with Crippen LogP contribution >= 0.6 is 24.0 Å². The summed E-state index contributed by atoms with van der Waals surface area (Å²) in [5, 5.41) is 6.41. The highest BCUT2D eigenvalue weighted by Gasteiger charge is 2.02. The SMILES string of the molecule is CCNC(=NCc1ccccc1OCC)NCC.I. The van der Waals surface area contributed by atoms with Crippen molar-refractivity contribution in [2.45, 2.75) is 27.3 Å². The van der Waals surface area contributed by atoms with Gasteiger partial charge >= 0.3 is 0 Å². The number of para-hydroxylation sites is 1. The minimum absolute atomic E-state index is 0. The van der Waals surface area contributed by atoms with Gasteiger partial charge in [0, 0.05) is 18.7 Å². The summed E-state index contributed by atoms with van der Waals surface area (Å²) >= 11 is 0. The number of ether oxygens (including phenoxy) is 1. The molecule has 0 unspecified atom stereocenters. The van der Waals surface area contributed by atoms with Gasteiger partial charge in [0.1, 0.15) is 5.75 Å². The van der Waals surface area contributed by atoms with E-state index in [4.69, 9.17) is 4.74 Å². The van der Waals surface area contributed by atoms with E-state index in [9.17, 15) is 0 Å². The average molecular weight is 377 g/mol. The van der Waals surface area contributed by atoms with Crippen molar-refractivity contribution in [2.75, 3.05) is 19.7 Å². The lowest BCUT2D eigenvalue weighted by molar-refractivity contribution is 0.336. The maximum atomic E-state index is 5.58. The number of guanidine groups is 1. The van der Waals surface area contributed by atoms with Crippen molar-refractivity contribution < 1.29 is 4.74 Å². The summed E-state index contributed by atoms with van der Waals surface area (Å²) in [4.78, 5) is 4.53. The van der Waals surface area contributed by atoms with Crippen molar-refractivity contribution in [2.24, 2.45) is 4.99 Å². The number of hydrogen-bond donors (Lipinski definition) is 2. The number of nitrogens with zero attached hydrogens (tertiary/aromatic N) is 1. The van der Waals surface area contributed by atoms with Crippen molar-refractivity contribution in [1.29, 1.82) is 0 Å². The van der Waals surface area contributed by atoms with Crippen molar-refractivity contribution >= 4 is 29.9 Å². The van der Waals surface area contributed by atoms with Crippen molar-refractivity contribution in [3.05, 3.63) is 29.8 Å². The summed E-state index contributed by atoms with van der Waals surface area (Å²) in [7, 11) is 0. The second-order valence-corrected chi connectivity index (χ2v) is 3.77. The topological polar surface area (TPSA) is 45.7 Å². The molecule has 0 aliphatic heterocycles. The lowest BCUT2D eigenvalue weighted by Crippen LogP contribution is -2.36. The Labute approximate surface area is 133 Å². The third kappa shape index (κ3) is 6.66. The summed E-state index contributed by atoms with van der Waals surface area (Å²) < 4.78 is 5.58. The van der Waals surface area contributed by atoms with Crippen LogP contribution in [0.4, 0.5) is 0 Å². The highest BCUT2D eigenvalue weighted by Crippen LogP contribution is 2.18. The van der Waals surface area contributed by atoms with E-state index in [1.807, 2.05) is 31.2 Å². The second-order valence-electron chi connectivity index (χ2n) is 3.77. The quantitative estimate of drug-likeness (QED) is 0.455. The predicted octanol–water partition coefficient (Wildman–Crippen LogP) is 2.78. The van der Waals surface area contributed by atoms with Crippen LogP contribution in [0.15, 0.2) is 29.3 Å². The molecule has 0 aliphatic carbocycles. The van der Waals surface area contributed by atoms with Crippen molar-refractivity contribution in [3.8, 4) is 5.75 Å². The molecule has 5 heteroatoms. The molecule has 2 N–H and O–H groups in total. The Morgan fingerprint density at radius 3 is 2.32 bits per heavy atom.